The number of nitrogens with two attached hydrogens (primary N) is 1. The number of aliphatic imine (C=N–C) groups is 1. The standard InChI is InChI=1S/C19H17ClF3N3O2/c1-18(19(22,23)10-28-9-17(24)26-18)13-6-11(2-4-14(13)21)7-16(27)15-5-3-12(20)8-25-15/h2-6,8H,7,9-10H2,1H3,(H2,24,26)/t18-/m1/s1. The van der Waals surface area contributed by atoms with E-state index in [1.54, 1.807) is 0 Å². The summed E-state index contributed by atoms with van der Waals surface area (Å²) in [4.78, 5) is 20.2. The van der Waals surface area contributed by atoms with Gasteiger partial charge in [0, 0.05) is 18.2 Å². The van der Waals surface area contributed by atoms with Crippen molar-refractivity contribution < 1.29 is 22.7 Å². The molecule has 0 aliphatic carbocycles. The summed E-state index contributed by atoms with van der Waals surface area (Å²) < 4.78 is 48.8. The number of hydrogen-bond donors (Lipinski definition) is 1. The average Bonchev–Trinajstić information content (AvgIpc) is 2.73. The third-order valence-electron chi connectivity index (χ3n) is 4.55. The topological polar surface area (TPSA) is 77.6 Å². The zero-order valence-corrected chi connectivity index (χ0v) is 15.6. The molecule has 148 valence electrons. The fraction of sp³-hybridized carbons (Fsp3) is 0.316. The molecule has 2 aromatic rings. The first-order valence-electron chi connectivity index (χ1n) is 8.36. The Morgan fingerprint density at radius 2 is 2.07 bits per heavy atom. The zero-order chi connectivity index (χ0) is 20.5. The van der Waals surface area contributed by atoms with Crippen LogP contribution in [0.25, 0.3) is 0 Å². The number of aromatic nitrogens is 1. The molecule has 5 nitrogen and oxygen atoms in total. The minimum atomic E-state index is -3.50. The second-order valence-electron chi connectivity index (χ2n) is 6.65. The molecule has 0 bridgehead atoms. The maximum Gasteiger partial charge on any atom is 0.299 e. The van der Waals surface area contributed by atoms with Crippen molar-refractivity contribution in [2.45, 2.75) is 24.8 Å². The Hall–Kier alpha value is -2.45. The first kappa shape index (κ1) is 20.3. The van der Waals surface area contributed by atoms with E-state index in [0.717, 1.165) is 13.0 Å². The third-order valence-corrected chi connectivity index (χ3v) is 4.77. The average molecular weight is 412 g/mol. The van der Waals surface area contributed by atoms with Gasteiger partial charge in [0.1, 0.15) is 30.6 Å². The van der Waals surface area contributed by atoms with Crippen LogP contribution in [0.15, 0.2) is 41.5 Å². The summed E-state index contributed by atoms with van der Waals surface area (Å²) in [7, 11) is 0. The van der Waals surface area contributed by atoms with Crippen molar-refractivity contribution in [2.24, 2.45) is 10.7 Å². The second kappa shape index (κ2) is 7.52. The lowest BCUT2D eigenvalue weighted by molar-refractivity contribution is -0.116. The van der Waals surface area contributed by atoms with E-state index in [9.17, 15) is 18.0 Å². The van der Waals surface area contributed by atoms with E-state index in [2.05, 4.69) is 9.98 Å². The van der Waals surface area contributed by atoms with Gasteiger partial charge in [-0.2, -0.15) is 0 Å². The van der Waals surface area contributed by atoms with Gasteiger partial charge < -0.3 is 10.5 Å². The highest BCUT2D eigenvalue weighted by molar-refractivity contribution is 6.30. The molecule has 0 spiro atoms. The monoisotopic (exact) mass is 411 g/mol. The highest BCUT2D eigenvalue weighted by Gasteiger charge is 2.54. The van der Waals surface area contributed by atoms with E-state index in [1.807, 2.05) is 0 Å². The number of amidine groups is 1. The highest BCUT2D eigenvalue weighted by atomic mass is 35.5. The van der Waals surface area contributed by atoms with Crippen LogP contribution < -0.4 is 5.73 Å². The molecule has 0 fully saturated rings. The lowest BCUT2D eigenvalue weighted by Crippen LogP contribution is -2.45. The van der Waals surface area contributed by atoms with E-state index in [4.69, 9.17) is 22.1 Å². The van der Waals surface area contributed by atoms with Gasteiger partial charge in [0.15, 0.2) is 11.3 Å². The van der Waals surface area contributed by atoms with Crippen LogP contribution in [0.1, 0.15) is 28.5 Å². The predicted molar refractivity (Wildman–Crippen MR) is 98.4 cm³/mol. The maximum atomic E-state index is 14.7. The summed E-state index contributed by atoms with van der Waals surface area (Å²) in [6.07, 6.45) is 1.18. The summed E-state index contributed by atoms with van der Waals surface area (Å²) in [5.41, 5.74) is 3.50. The van der Waals surface area contributed by atoms with Gasteiger partial charge in [0.25, 0.3) is 5.92 Å². The number of Topliss-reactive ketones (excluding diaryl/α,β-unsaturated/α-hetero) is 1. The molecular formula is C19H17ClF3N3O2. The van der Waals surface area contributed by atoms with Gasteiger partial charge >= 0.3 is 0 Å². The van der Waals surface area contributed by atoms with Crippen LogP contribution in [0.4, 0.5) is 13.2 Å². The van der Waals surface area contributed by atoms with E-state index in [1.165, 1.54) is 30.5 Å². The van der Waals surface area contributed by atoms with Gasteiger partial charge in [0.05, 0.1) is 5.02 Å². The first-order valence-corrected chi connectivity index (χ1v) is 8.73. The Morgan fingerprint density at radius 3 is 2.75 bits per heavy atom. The normalized spacial score (nSPS) is 21.7. The molecule has 1 atom stereocenters. The number of halogens is 4. The largest absolute Gasteiger partial charge is 0.385 e. The second-order valence-corrected chi connectivity index (χ2v) is 7.08. The molecule has 0 saturated heterocycles. The highest BCUT2D eigenvalue weighted by Crippen LogP contribution is 2.43. The molecule has 3 rings (SSSR count). The van der Waals surface area contributed by atoms with Crippen molar-refractivity contribution in [1.82, 2.24) is 4.98 Å². The minimum absolute atomic E-state index is 0.154. The van der Waals surface area contributed by atoms with E-state index < -0.39 is 23.9 Å². The molecule has 2 N–H and O–H groups in total. The summed E-state index contributed by atoms with van der Waals surface area (Å²) in [5.74, 6) is -4.90. The van der Waals surface area contributed by atoms with Crippen molar-refractivity contribution in [3.8, 4) is 0 Å². The van der Waals surface area contributed by atoms with Gasteiger partial charge in [-0.3, -0.25) is 14.8 Å². The van der Waals surface area contributed by atoms with Gasteiger partial charge in [0.2, 0.25) is 0 Å². The SMILES string of the molecule is C[C@]1(c2cc(CC(=O)c3ccc(Cl)cn3)ccc2F)N=C(N)COCC1(F)F. The lowest BCUT2D eigenvalue weighted by Gasteiger charge is -2.33. The summed E-state index contributed by atoms with van der Waals surface area (Å²) >= 11 is 5.75. The van der Waals surface area contributed by atoms with Crippen LogP contribution in [-0.2, 0) is 16.7 Å². The van der Waals surface area contributed by atoms with E-state index in [-0.39, 0.29) is 35.9 Å². The molecule has 28 heavy (non-hydrogen) atoms. The van der Waals surface area contributed by atoms with Crippen molar-refractivity contribution in [1.29, 1.82) is 0 Å². The van der Waals surface area contributed by atoms with Gasteiger partial charge in [-0.1, -0.05) is 17.7 Å². The lowest BCUT2D eigenvalue weighted by atomic mass is 9.84. The van der Waals surface area contributed by atoms with Crippen LogP contribution in [-0.4, -0.2) is 35.7 Å². The Kier molecular flexibility index (Phi) is 5.45. The quantitative estimate of drug-likeness (QED) is 0.781. The Labute approximate surface area is 164 Å². The number of alkyl halides is 2. The number of hydrogen-bond acceptors (Lipinski definition) is 5. The number of nitrogens with zero attached hydrogens (tertiary/aromatic N) is 2. The number of benzene rings is 1. The third kappa shape index (κ3) is 3.88. The number of ketones is 1. The molecule has 0 radical (unpaired) electrons. The molecule has 2 heterocycles. The van der Waals surface area contributed by atoms with Crippen molar-refractivity contribution in [2.75, 3.05) is 13.2 Å². The van der Waals surface area contributed by atoms with E-state index in [0.29, 0.717) is 10.6 Å². The Balaban J connectivity index is 1.98. The number of ether oxygens (including phenoxy) is 1. The summed E-state index contributed by atoms with van der Waals surface area (Å²) in [6, 6.07) is 6.57. The van der Waals surface area contributed by atoms with Crippen LogP contribution in [0.5, 0.6) is 0 Å². The molecule has 0 saturated carbocycles. The molecule has 1 aliphatic heterocycles. The fourth-order valence-electron chi connectivity index (χ4n) is 2.95. The number of carbonyl (C=O) groups excluding carboxylic acids is 1. The van der Waals surface area contributed by atoms with Crippen LogP contribution in [0.3, 0.4) is 0 Å². The number of rotatable bonds is 4. The van der Waals surface area contributed by atoms with Crippen LogP contribution >= 0.6 is 11.6 Å². The van der Waals surface area contributed by atoms with Crippen LogP contribution in [0.2, 0.25) is 5.02 Å². The van der Waals surface area contributed by atoms with Crippen molar-refractivity contribution in [3.05, 3.63) is 64.2 Å². The van der Waals surface area contributed by atoms with Crippen molar-refractivity contribution in [3.63, 3.8) is 0 Å². The van der Waals surface area contributed by atoms with Crippen LogP contribution in [0, 0.1) is 5.82 Å². The predicted octanol–water partition coefficient (Wildman–Crippen LogP) is 3.54. The van der Waals surface area contributed by atoms with Gasteiger partial charge in [-0.15, -0.1) is 0 Å². The zero-order valence-electron chi connectivity index (χ0n) is 14.9. The van der Waals surface area contributed by atoms with Crippen molar-refractivity contribution >= 4 is 23.2 Å². The summed E-state index contributed by atoms with van der Waals surface area (Å²) in [6.45, 7) is -0.127. The molecule has 0 amide bonds. The first-order chi connectivity index (χ1) is 13.1. The van der Waals surface area contributed by atoms with Gasteiger partial charge in [-0.25, -0.2) is 13.2 Å². The number of carbonyl (C=O) groups is 1. The summed E-state index contributed by atoms with van der Waals surface area (Å²) in [5, 5.41) is 0.377. The molecule has 1 aliphatic rings. The molecule has 0 unspecified atom stereocenters. The Morgan fingerprint density at radius 1 is 1.32 bits per heavy atom. The molecule has 9 heteroatoms. The van der Waals surface area contributed by atoms with Gasteiger partial charge in [-0.05, 0) is 36.8 Å². The smallest absolute Gasteiger partial charge is 0.299 e. The molecule has 1 aromatic heterocycles. The fourth-order valence-corrected chi connectivity index (χ4v) is 3.07. The van der Waals surface area contributed by atoms with E-state index >= 15 is 0 Å². The number of pyridine rings is 1. The minimum Gasteiger partial charge on any atom is -0.385 e. The Bertz CT molecular complexity index is 935. The maximum absolute atomic E-state index is 14.7. The molecule has 1 aromatic carbocycles. The molecular weight excluding hydrogens is 395 g/mol.